The Balaban J connectivity index is 1.87. The number of amides is 1. The minimum absolute atomic E-state index is 0.110. The van der Waals surface area contributed by atoms with Gasteiger partial charge in [0.1, 0.15) is 18.0 Å². The first-order chi connectivity index (χ1) is 16.4. The molecule has 180 valence electrons. The number of ether oxygens (including phenoxy) is 2. The van der Waals surface area contributed by atoms with Gasteiger partial charge in [-0.05, 0) is 67.4 Å². The van der Waals surface area contributed by atoms with Crippen molar-refractivity contribution in [3.05, 3.63) is 84.4 Å². The summed E-state index contributed by atoms with van der Waals surface area (Å²) in [7, 11) is -2.38. The molecule has 0 aliphatic rings. The molecular formula is C26H30N2O5S. The number of methoxy groups -OCH3 is 1. The zero-order chi connectivity index (χ0) is 24.6. The van der Waals surface area contributed by atoms with Gasteiger partial charge < -0.3 is 14.8 Å². The van der Waals surface area contributed by atoms with Crippen LogP contribution in [0.4, 0.5) is 5.69 Å². The van der Waals surface area contributed by atoms with E-state index < -0.39 is 15.9 Å². The van der Waals surface area contributed by atoms with Gasteiger partial charge in [0.05, 0.1) is 30.3 Å². The summed E-state index contributed by atoms with van der Waals surface area (Å²) in [6.07, 6.45) is 0.645. The van der Waals surface area contributed by atoms with Gasteiger partial charge in [-0.15, -0.1) is 0 Å². The Hall–Kier alpha value is -3.52. The van der Waals surface area contributed by atoms with Gasteiger partial charge in [-0.1, -0.05) is 37.3 Å². The van der Waals surface area contributed by atoms with Crippen LogP contribution in [0.1, 0.15) is 31.9 Å². The molecule has 0 aromatic heterocycles. The van der Waals surface area contributed by atoms with Crippen LogP contribution in [0, 0.1) is 0 Å². The number of sulfonamides is 1. The van der Waals surface area contributed by atoms with Gasteiger partial charge in [-0.3, -0.25) is 9.10 Å². The lowest BCUT2D eigenvalue weighted by Gasteiger charge is -2.26. The van der Waals surface area contributed by atoms with Gasteiger partial charge in [-0.25, -0.2) is 8.42 Å². The number of carbonyl (C=O) groups excluding carboxylic acids is 1. The van der Waals surface area contributed by atoms with E-state index in [1.807, 2.05) is 38.1 Å². The SMILES string of the molecule is CCOc1ccc(N(CC(=O)N[C@@H](CC)c2ccc(OC)cc2)S(=O)(=O)c2ccccc2)cc1. The smallest absolute Gasteiger partial charge is 0.264 e. The third-order valence-electron chi connectivity index (χ3n) is 5.32. The molecule has 0 aliphatic carbocycles. The fourth-order valence-corrected chi connectivity index (χ4v) is 4.98. The lowest BCUT2D eigenvalue weighted by Crippen LogP contribution is -2.42. The van der Waals surface area contributed by atoms with Gasteiger partial charge in [0.25, 0.3) is 10.0 Å². The van der Waals surface area contributed by atoms with Crippen LogP contribution in [0.25, 0.3) is 0 Å². The second-order valence-corrected chi connectivity index (χ2v) is 9.42. The molecule has 3 aromatic rings. The Labute approximate surface area is 201 Å². The minimum Gasteiger partial charge on any atom is -0.497 e. The van der Waals surface area contributed by atoms with Gasteiger partial charge in [0, 0.05) is 0 Å². The van der Waals surface area contributed by atoms with Gasteiger partial charge in [0.2, 0.25) is 5.91 Å². The molecule has 0 bridgehead atoms. The largest absolute Gasteiger partial charge is 0.497 e. The number of hydrogen-bond acceptors (Lipinski definition) is 5. The summed E-state index contributed by atoms with van der Waals surface area (Å²) in [6, 6.07) is 21.9. The highest BCUT2D eigenvalue weighted by molar-refractivity contribution is 7.92. The van der Waals surface area contributed by atoms with E-state index in [9.17, 15) is 13.2 Å². The first kappa shape index (κ1) is 25.1. The van der Waals surface area contributed by atoms with Crippen molar-refractivity contribution in [2.24, 2.45) is 0 Å². The molecule has 0 saturated carbocycles. The van der Waals surface area contributed by atoms with Crippen LogP contribution in [-0.4, -0.2) is 34.6 Å². The number of carbonyl (C=O) groups is 1. The summed E-state index contributed by atoms with van der Waals surface area (Å²) in [6.45, 7) is 3.97. The Bertz CT molecular complexity index is 1160. The number of anilines is 1. The molecule has 0 saturated heterocycles. The lowest BCUT2D eigenvalue weighted by molar-refractivity contribution is -0.120. The van der Waals surface area contributed by atoms with E-state index in [1.165, 1.54) is 12.1 Å². The van der Waals surface area contributed by atoms with Crippen LogP contribution in [0.3, 0.4) is 0 Å². The fourth-order valence-electron chi connectivity index (χ4n) is 3.54. The average molecular weight is 483 g/mol. The Kier molecular flexibility index (Phi) is 8.54. The Morgan fingerprint density at radius 3 is 2.09 bits per heavy atom. The molecule has 0 aliphatic heterocycles. The predicted molar refractivity (Wildman–Crippen MR) is 133 cm³/mol. The van der Waals surface area contributed by atoms with Crippen LogP contribution in [0.5, 0.6) is 11.5 Å². The molecule has 8 heteroatoms. The molecular weight excluding hydrogens is 452 g/mol. The summed E-state index contributed by atoms with van der Waals surface area (Å²) >= 11 is 0. The van der Waals surface area contributed by atoms with Crippen molar-refractivity contribution in [1.82, 2.24) is 5.32 Å². The molecule has 1 N–H and O–H groups in total. The number of nitrogens with zero attached hydrogens (tertiary/aromatic N) is 1. The third-order valence-corrected chi connectivity index (χ3v) is 7.10. The number of benzene rings is 3. The van der Waals surface area contributed by atoms with E-state index in [-0.39, 0.29) is 17.5 Å². The maximum absolute atomic E-state index is 13.5. The highest BCUT2D eigenvalue weighted by Gasteiger charge is 2.28. The third kappa shape index (κ3) is 6.08. The second-order valence-electron chi connectivity index (χ2n) is 7.55. The quantitative estimate of drug-likeness (QED) is 0.433. The molecule has 0 spiro atoms. The molecule has 0 radical (unpaired) electrons. The molecule has 7 nitrogen and oxygen atoms in total. The lowest BCUT2D eigenvalue weighted by atomic mass is 10.0. The molecule has 0 heterocycles. The average Bonchev–Trinajstić information content (AvgIpc) is 2.87. The highest BCUT2D eigenvalue weighted by Crippen LogP contribution is 2.26. The number of hydrogen-bond donors (Lipinski definition) is 1. The number of nitrogens with one attached hydrogen (secondary N) is 1. The van der Waals surface area contributed by atoms with E-state index in [0.29, 0.717) is 24.5 Å². The standard InChI is InChI=1S/C26H30N2O5S/c1-4-25(20-11-15-22(32-3)16-12-20)27-26(29)19-28(21-13-17-23(18-14-21)33-5-2)34(30,31)24-9-7-6-8-10-24/h6-18,25H,4-5,19H2,1-3H3,(H,27,29)/t25-/m0/s1. The summed E-state index contributed by atoms with van der Waals surface area (Å²) < 4.78 is 38.7. The van der Waals surface area contributed by atoms with E-state index in [1.54, 1.807) is 49.6 Å². The van der Waals surface area contributed by atoms with Gasteiger partial charge >= 0.3 is 0 Å². The molecule has 3 aromatic carbocycles. The van der Waals surface area contributed by atoms with Crippen LogP contribution in [0.15, 0.2) is 83.8 Å². The predicted octanol–water partition coefficient (Wildman–Crippen LogP) is 4.56. The Morgan fingerprint density at radius 2 is 1.53 bits per heavy atom. The van der Waals surface area contributed by atoms with Crippen molar-refractivity contribution in [1.29, 1.82) is 0 Å². The Morgan fingerprint density at radius 1 is 0.912 bits per heavy atom. The molecule has 1 atom stereocenters. The highest BCUT2D eigenvalue weighted by atomic mass is 32.2. The van der Waals surface area contributed by atoms with Crippen molar-refractivity contribution in [2.45, 2.75) is 31.2 Å². The molecule has 0 fully saturated rings. The van der Waals surface area contributed by atoms with Crippen molar-refractivity contribution >= 4 is 21.6 Å². The van der Waals surface area contributed by atoms with E-state index in [2.05, 4.69) is 5.32 Å². The fraction of sp³-hybridized carbons (Fsp3) is 0.269. The van der Waals surface area contributed by atoms with Gasteiger partial charge in [-0.2, -0.15) is 0 Å². The van der Waals surface area contributed by atoms with Crippen LogP contribution in [-0.2, 0) is 14.8 Å². The van der Waals surface area contributed by atoms with Crippen LogP contribution < -0.4 is 19.1 Å². The van der Waals surface area contributed by atoms with E-state index >= 15 is 0 Å². The first-order valence-electron chi connectivity index (χ1n) is 11.1. The molecule has 0 unspecified atom stereocenters. The van der Waals surface area contributed by atoms with Crippen LogP contribution >= 0.6 is 0 Å². The van der Waals surface area contributed by atoms with Crippen molar-refractivity contribution < 1.29 is 22.7 Å². The zero-order valence-electron chi connectivity index (χ0n) is 19.6. The van der Waals surface area contributed by atoms with Crippen molar-refractivity contribution in [3.63, 3.8) is 0 Å². The summed E-state index contributed by atoms with van der Waals surface area (Å²) in [4.78, 5) is 13.2. The molecule has 34 heavy (non-hydrogen) atoms. The van der Waals surface area contributed by atoms with Gasteiger partial charge in [0.15, 0.2) is 0 Å². The summed E-state index contributed by atoms with van der Waals surface area (Å²) in [5.74, 6) is 0.940. The van der Waals surface area contributed by atoms with E-state index in [0.717, 1.165) is 15.6 Å². The van der Waals surface area contributed by atoms with Crippen molar-refractivity contribution in [3.8, 4) is 11.5 Å². The first-order valence-corrected chi connectivity index (χ1v) is 12.6. The maximum Gasteiger partial charge on any atom is 0.264 e. The topological polar surface area (TPSA) is 84.9 Å². The van der Waals surface area contributed by atoms with Crippen LogP contribution in [0.2, 0.25) is 0 Å². The number of rotatable bonds is 11. The zero-order valence-corrected chi connectivity index (χ0v) is 20.4. The monoisotopic (exact) mass is 482 g/mol. The molecule has 1 amide bonds. The van der Waals surface area contributed by atoms with Crippen molar-refractivity contribution in [2.75, 3.05) is 24.6 Å². The summed E-state index contributed by atoms with van der Waals surface area (Å²) in [5, 5.41) is 2.97. The normalized spacial score (nSPS) is 12.0. The molecule has 3 rings (SSSR count). The maximum atomic E-state index is 13.5. The minimum atomic E-state index is -3.98. The van der Waals surface area contributed by atoms with E-state index in [4.69, 9.17) is 9.47 Å². The second kappa shape index (κ2) is 11.6. The summed E-state index contributed by atoms with van der Waals surface area (Å²) in [5.41, 5.74) is 1.29.